The molecule has 2 atom stereocenters. The van der Waals surface area contributed by atoms with Crippen molar-refractivity contribution >= 4 is 5.91 Å². The van der Waals surface area contributed by atoms with Crippen LogP contribution >= 0.6 is 0 Å². The van der Waals surface area contributed by atoms with Crippen LogP contribution in [0.1, 0.15) is 26.2 Å². The average Bonchev–Trinajstić information content (AvgIpc) is 2.49. The molecule has 0 aromatic heterocycles. The molecular weight excluding hydrogens is 252 g/mol. The van der Waals surface area contributed by atoms with E-state index in [1.54, 1.807) is 0 Å². The summed E-state index contributed by atoms with van der Waals surface area (Å²) in [6, 6.07) is 9.82. The summed E-state index contributed by atoms with van der Waals surface area (Å²) in [6.45, 7) is 4.61. The first-order valence-corrected chi connectivity index (χ1v) is 7.43. The van der Waals surface area contributed by atoms with Crippen LogP contribution in [-0.2, 0) is 4.79 Å². The highest BCUT2D eigenvalue weighted by atomic mass is 16.5. The Bertz CT molecular complexity index is 402. The molecule has 0 saturated carbocycles. The Labute approximate surface area is 120 Å². The molecule has 0 radical (unpaired) electrons. The van der Waals surface area contributed by atoms with Gasteiger partial charge in [0.1, 0.15) is 5.75 Å². The Balaban J connectivity index is 1.64. The topological polar surface area (TPSA) is 50.4 Å². The van der Waals surface area contributed by atoms with Gasteiger partial charge in [0.2, 0.25) is 5.91 Å². The number of amides is 1. The van der Waals surface area contributed by atoms with Gasteiger partial charge in [0.25, 0.3) is 0 Å². The standard InChI is InChI=1S/C16H24N2O2/c1-13(14-6-5-10-17-12-14)18-16(19)9-11-20-15-7-3-2-4-8-15/h2-4,7-8,13-14,17H,5-6,9-12H2,1H3,(H,18,19). The number of nitrogens with one attached hydrogen (secondary N) is 2. The van der Waals surface area contributed by atoms with E-state index in [-0.39, 0.29) is 11.9 Å². The highest BCUT2D eigenvalue weighted by Gasteiger charge is 2.20. The number of carbonyl (C=O) groups excluding carboxylic acids is 1. The van der Waals surface area contributed by atoms with Crippen LogP contribution in [0.3, 0.4) is 0 Å². The quantitative estimate of drug-likeness (QED) is 0.835. The normalized spacial score (nSPS) is 20.1. The third-order valence-electron chi connectivity index (χ3n) is 3.77. The number of piperidine rings is 1. The number of hydrogen-bond acceptors (Lipinski definition) is 3. The molecule has 2 rings (SSSR count). The van der Waals surface area contributed by atoms with E-state index in [0.29, 0.717) is 18.9 Å². The fourth-order valence-corrected chi connectivity index (χ4v) is 2.53. The molecule has 2 unspecified atom stereocenters. The lowest BCUT2D eigenvalue weighted by molar-refractivity contribution is -0.122. The Hall–Kier alpha value is -1.55. The summed E-state index contributed by atoms with van der Waals surface area (Å²) in [5, 5.41) is 6.45. The second-order valence-electron chi connectivity index (χ2n) is 5.37. The lowest BCUT2D eigenvalue weighted by atomic mass is 9.93. The van der Waals surface area contributed by atoms with Crippen molar-refractivity contribution in [3.8, 4) is 5.75 Å². The summed E-state index contributed by atoms with van der Waals surface area (Å²) >= 11 is 0. The Morgan fingerprint density at radius 3 is 2.95 bits per heavy atom. The maximum Gasteiger partial charge on any atom is 0.223 e. The monoisotopic (exact) mass is 276 g/mol. The van der Waals surface area contributed by atoms with E-state index in [2.05, 4.69) is 17.6 Å². The Morgan fingerprint density at radius 2 is 2.25 bits per heavy atom. The lowest BCUT2D eigenvalue weighted by Gasteiger charge is -2.28. The first-order chi connectivity index (χ1) is 9.75. The van der Waals surface area contributed by atoms with Crippen LogP contribution in [0.4, 0.5) is 0 Å². The predicted molar refractivity (Wildman–Crippen MR) is 79.8 cm³/mol. The van der Waals surface area contributed by atoms with Gasteiger partial charge in [0.15, 0.2) is 0 Å². The Morgan fingerprint density at radius 1 is 1.45 bits per heavy atom. The van der Waals surface area contributed by atoms with E-state index in [4.69, 9.17) is 4.74 Å². The van der Waals surface area contributed by atoms with E-state index >= 15 is 0 Å². The average molecular weight is 276 g/mol. The molecule has 1 aromatic carbocycles. The molecule has 0 spiro atoms. The molecule has 0 aliphatic carbocycles. The summed E-state index contributed by atoms with van der Waals surface area (Å²) in [4.78, 5) is 11.9. The van der Waals surface area contributed by atoms with E-state index in [1.807, 2.05) is 30.3 Å². The zero-order chi connectivity index (χ0) is 14.2. The van der Waals surface area contributed by atoms with Crippen LogP contribution in [-0.4, -0.2) is 31.6 Å². The molecule has 0 bridgehead atoms. The Kier molecular flexibility index (Phi) is 5.87. The van der Waals surface area contributed by atoms with Gasteiger partial charge in [-0.3, -0.25) is 4.79 Å². The van der Waals surface area contributed by atoms with E-state index in [9.17, 15) is 4.79 Å². The van der Waals surface area contributed by atoms with Gasteiger partial charge in [-0.15, -0.1) is 0 Å². The molecular formula is C16H24N2O2. The molecule has 1 fully saturated rings. The number of ether oxygens (including phenoxy) is 1. The van der Waals surface area contributed by atoms with Crippen LogP contribution in [0.25, 0.3) is 0 Å². The summed E-state index contributed by atoms with van der Waals surface area (Å²) < 4.78 is 5.53. The van der Waals surface area contributed by atoms with Gasteiger partial charge in [0.05, 0.1) is 13.0 Å². The number of hydrogen-bond donors (Lipinski definition) is 2. The van der Waals surface area contributed by atoms with Gasteiger partial charge >= 0.3 is 0 Å². The molecule has 1 heterocycles. The number of carbonyl (C=O) groups is 1. The van der Waals surface area contributed by atoms with Crippen molar-refractivity contribution in [3.05, 3.63) is 30.3 Å². The van der Waals surface area contributed by atoms with Gasteiger partial charge in [-0.05, 0) is 50.9 Å². The second kappa shape index (κ2) is 7.90. The second-order valence-corrected chi connectivity index (χ2v) is 5.37. The van der Waals surface area contributed by atoms with E-state index in [0.717, 1.165) is 18.8 Å². The fraction of sp³-hybridized carbons (Fsp3) is 0.562. The molecule has 20 heavy (non-hydrogen) atoms. The number of rotatable bonds is 6. The van der Waals surface area contributed by atoms with Crippen molar-refractivity contribution in [3.63, 3.8) is 0 Å². The third-order valence-corrected chi connectivity index (χ3v) is 3.77. The first-order valence-electron chi connectivity index (χ1n) is 7.43. The molecule has 4 nitrogen and oxygen atoms in total. The lowest BCUT2D eigenvalue weighted by Crippen LogP contribution is -2.44. The van der Waals surface area contributed by atoms with Gasteiger partial charge in [0, 0.05) is 6.04 Å². The largest absolute Gasteiger partial charge is 0.493 e. The van der Waals surface area contributed by atoms with Gasteiger partial charge in [-0.2, -0.15) is 0 Å². The first kappa shape index (κ1) is 14.9. The SMILES string of the molecule is CC(NC(=O)CCOc1ccccc1)C1CCCNC1. The fourth-order valence-electron chi connectivity index (χ4n) is 2.53. The van der Waals surface area contributed by atoms with Gasteiger partial charge in [-0.1, -0.05) is 18.2 Å². The number of para-hydroxylation sites is 1. The van der Waals surface area contributed by atoms with Crippen LogP contribution < -0.4 is 15.4 Å². The van der Waals surface area contributed by atoms with Crippen LogP contribution in [0.15, 0.2) is 30.3 Å². The molecule has 110 valence electrons. The minimum atomic E-state index is 0.0685. The van der Waals surface area contributed by atoms with Crippen molar-refractivity contribution in [2.24, 2.45) is 5.92 Å². The zero-order valence-corrected chi connectivity index (χ0v) is 12.1. The molecule has 2 N–H and O–H groups in total. The highest BCUT2D eigenvalue weighted by molar-refractivity contribution is 5.76. The predicted octanol–water partition coefficient (Wildman–Crippen LogP) is 1.96. The van der Waals surface area contributed by atoms with Gasteiger partial charge in [-0.25, -0.2) is 0 Å². The summed E-state index contributed by atoms with van der Waals surface area (Å²) in [5.41, 5.74) is 0. The molecule has 1 amide bonds. The minimum absolute atomic E-state index is 0.0685. The third kappa shape index (κ3) is 4.85. The van der Waals surface area contributed by atoms with Crippen molar-refractivity contribution in [1.29, 1.82) is 0 Å². The van der Waals surface area contributed by atoms with Gasteiger partial charge < -0.3 is 15.4 Å². The molecule has 1 aromatic rings. The summed E-state index contributed by atoms with van der Waals surface area (Å²) in [6.07, 6.45) is 2.79. The number of benzene rings is 1. The maximum absolute atomic E-state index is 11.9. The van der Waals surface area contributed by atoms with Crippen LogP contribution in [0, 0.1) is 5.92 Å². The molecule has 4 heteroatoms. The smallest absolute Gasteiger partial charge is 0.223 e. The molecule has 1 aliphatic heterocycles. The van der Waals surface area contributed by atoms with Crippen molar-refractivity contribution in [2.45, 2.75) is 32.2 Å². The zero-order valence-electron chi connectivity index (χ0n) is 12.1. The molecule has 1 aliphatic rings. The van der Waals surface area contributed by atoms with E-state index in [1.165, 1.54) is 12.8 Å². The maximum atomic E-state index is 11.9. The van der Waals surface area contributed by atoms with Crippen molar-refractivity contribution in [1.82, 2.24) is 10.6 Å². The highest BCUT2D eigenvalue weighted by Crippen LogP contribution is 2.14. The van der Waals surface area contributed by atoms with E-state index < -0.39 is 0 Å². The van der Waals surface area contributed by atoms with Crippen molar-refractivity contribution < 1.29 is 9.53 Å². The van der Waals surface area contributed by atoms with Crippen LogP contribution in [0.2, 0.25) is 0 Å². The summed E-state index contributed by atoms with van der Waals surface area (Å²) in [7, 11) is 0. The van der Waals surface area contributed by atoms with Crippen LogP contribution in [0.5, 0.6) is 5.75 Å². The summed E-state index contributed by atoms with van der Waals surface area (Å²) in [5.74, 6) is 1.42. The molecule has 1 saturated heterocycles. The van der Waals surface area contributed by atoms with Crippen molar-refractivity contribution in [2.75, 3.05) is 19.7 Å². The minimum Gasteiger partial charge on any atom is -0.493 e.